The molecule has 0 spiro atoms. The lowest BCUT2D eigenvalue weighted by Crippen LogP contribution is -2.29. The largest absolute Gasteiger partial charge is 0.472 e. The van der Waals surface area contributed by atoms with E-state index in [9.17, 15) is 19.0 Å². The molecule has 0 saturated heterocycles. The van der Waals surface area contributed by atoms with Gasteiger partial charge in [-0.05, 0) is 89.9 Å². The van der Waals surface area contributed by atoms with Gasteiger partial charge in [0.2, 0.25) is 0 Å². The molecule has 2 unspecified atom stereocenters. The van der Waals surface area contributed by atoms with Crippen LogP contribution < -0.4 is 5.73 Å². The van der Waals surface area contributed by atoms with Gasteiger partial charge in [-0.3, -0.25) is 18.6 Å². The minimum absolute atomic E-state index is 0.0405. The van der Waals surface area contributed by atoms with Crippen molar-refractivity contribution in [1.29, 1.82) is 0 Å². The fourth-order valence-corrected chi connectivity index (χ4v) is 5.92. The number of esters is 2. The molecule has 0 fully saturated rings. The summed E-state index contributed by atoms with van der Waals surface area (Å²) in [5, 5.41) is 0. The third-order valence-electron chi connectivity index (χ3n) is 8.27. The van der Waals surface area contributed by atoms with Gasteiger partial charge in [0.25, 0.3) is 0 Å². The van der Waals surface area contributed by atoms with E-state index in [0.717, 1.165) is 89.9 Å². The highest BCUT2D eigenvalue weighted by atomic mass is 31.2. The molecule has 10 heteroatoms. The zero-order valence-electron chi connectivity index (χ0n) is 34.4. The molecule has 0 aliphatic heterocycles. The minimum Gasteiger partial charge on any atom is -0.462 e. The molecule has 9 nitrogen and oxygen atoms in total. The number of carbonyl (C=O) groups excluding carboxylic acids is 2. The molecule has 0 amide bonds. The third kappa shape index (κ3) is 40.7. The first kappa shape index (κ1) is 52.2. The van der Waals surface area contributed by atoms with Crippen LogP contribution in [0.4, 0.5) is 0 Å². The molecule has 314 valence electrons. The average molecular weight is 790 g/mol. The average Bonchev–Trinajstić information content (AvgIpc) is 3.17. The number of nitrogens with two attached hydrogens (primary N) is 1. The number of carbonyl (C=O) groups is 2. The highest BCUT2D eigenvalue weighted by Crippen LogP contribution is 2.43. The second-order valence-corrected chi connectivity index (χ2v) is 14.9. The van der Waals surface area contributed by atoms with Crippen molar-refractivity contribution in [2.24, 2.45) is 5.73 Å². The zero-order valence-corrected chi connectivity index (χ0v) is 35.3. The molecule has 0 aromatic heterocycles. The summed E-state index contributed by atoms with van der Waals surface area (Å²) in [6.07, 6.45) is 50.4. The molecule has 0 heterocycles. The molecule has 0 aromatic carbocycles. The normalized spacial score (nSPS) is 14.2. The van der Waals surface area contributed by atoms with Gasteiger partial charge in [-0.1, -0.05) is 137 Å². The summed E-state index contributed by atoms with van der Waals surface area (Å²) >= 11 is 0. The number of phosphoric ester groups is 1. The summed E-state index contributed by atoms with van der Waals surface area (Å²) in [4.78, 5) is 34.8. The Morgan fingerprint density at radius 1 is 0.564 bits per heavy atom. The van der Waals surface area contributed by atoms with Crippen molar-refractivity contribution in [3.8, 4) is 0 Å². The van der Waals surface area contributed by atoms with Crippen molar-refractivity contribution >= 4 is 19.8 Å². The lowest BCUT2D eigenvalue weighted by Gasteiger charge is -2.19. The second kappa shape index (κ2) is 40.8. The van der Waals surface area contributed by atoms with Crippen molar-refractivity contribution in [1.82, 2.24) is 0 Å². The van der Waals surface area contributed by atoms with Gasteiger partial charge >= 0.3 is 19.8 Å². The van der Waals surface area contributed by atoms with Gasteiger partial charge in [-0.15, -0.1) is 0 Å². The lowest BCUT2D eigenvalue weighted by molar-refractivity contribution is -0.161. The molecule has 0 aliphatic rings. The van der Waals surface area contributed by atoms with Crippen LogP contribution in [-0.2, 0) is 32.7 Å². The molecule has 0 aliphatic carbocycles. The Kier molecular flexibility index (Phi) is 38.8. The van der Waals surface area contributed by atoms with Crippen LogP contribution in [0.25, 0.3) is 0 Å². The predicted molar refractivity (Wildman–Crippen MR) is 229 cm³/mol. The first-order valence-electron chi connectivity index (χ1n) is 21.1. The van der Waals surface area contributed by atoms with Crippen molar-refractivity contribution < 1.29 is 37.6 Å². The number of hydrogen-bond donors (Lipinski definition) is 2. The minimum atomic E-state index is -4.39. The van der Waals surface area contributed by atoms with Gasteiger partial charge < -0.3 is 20.1 Å². The summed E-state index contributed by atoms with van der Waals surface area (Å²) in [7, 11) is -4.39. The highest BCUT2D eigenvalue weighted by Gasteiger charge is 2.25. The van der Waals surface area contributed by atoms with Crippen molar-refractivity contribution in [2.75, 3.05) is 26.4 Å². The topological polar surface area (TPSA) is 134 Å². The molecule has 0 rings (SSSR count). The Balaban J connectivity index is 4.29. The van der Waals surface area contributed by atoms with Crippen molar-refractivity contribution in [3.05, 3.63) is 85.1 Å². The molecule has 0 radical (unpaired) electrons. The molecule has 0 saturated carbocycles. The summed E-state index contributed by atoms with van der Waals surface area (Å²) in [6.45, 7) is 3.51. The van der Waals surface area contributed by atoms with Gasteiger partial charge in [-0.25, -0.2) is 4.57 Å². The van der Waals surface area contributed by atoms with Crippen LogP contribution in [0.1, 0.15) is 155 Å². The van der Waals surface area contributed by atoms with Crippen LogP contribution in [0, 0.1) is 0 Å². The van der Waals surface area contributed by atoms with Crippen molar-refractivity contribution in [2.45, 2.75) is 161 Å². The quantitative estimate of drug-likeness (QED) is 0.0271. The van der Waals surface area contributed by atoms with E-state index in [4.69, 9.17) is 24.3 Å². The van der Waals surface area contributed by atoms with Crippen LogP contribution >= 0.6 is 7.82 Å². The molecule has 0 bridgehead atoms. The number of unbranched alkanes of at least 4 members (excludes halogenated alkanes) is 11. The monoisotopic (exact) mass is 790 g/mol. The van der Waals surface area contributed by atoms with Gasteiger partial charge in [0.15, 0.2) is 6.10 Å². The fourth-order valence-electron chi connectivity index (χ4n) is 5.16. The Morgan fingerprint density at radius 3 is 1.51 bits per heavy atom. The molecular formula is C45H76NO8P. The number of ether oxygens (including phenoxy) is 2. The first-order valence-corrected chi connectivity index (χ1v) is 22.6. The summed E-state index contributed by atoms with van der Waals surface area (Å²) in [5.41, 5.74) is 5.34. The zero-order chi connectivity index (χ0) is 40.3. The standard InChI is InChI=1S/C45H76NO8P/c1-3-5-7-9-11-13-15-17-19-20-21-22-24-26-28-30-32-34-36-38-45(48)54-43(42-53-55(49,50)52-40-39-46)41-51-44(47)37-35-33-31-29-27-25-23-18-16-14-12-10-8-6-4-2/h6,8,11-14,17-19,21-23,26,28,43H,3-5,7,9-10,15-16,20,24-25,27,29-42,46H2,1-2H3,(H,49,50). The van der Waals surface area contributed by atoms with Crippen LogP contribution in [0.5, 0.6) is 0 Å². The van der Waals surface area contributed by atoms with E-state index in [1.807, 2.05) is 0 Å². The van der Waals surface area contributed by atoms with E-state index in [-0.39, 0.29) is 32.6 Å². The molecule has 0 aromatic rings. The van der Waals surface area contributed by atoms with Gasteiger partial charge in [-0.2, -0.15) is 0 Å². The van der Waals surface area contributed by atoms with Crippen LogP contribution in [0.3, 0.4) is 0 Å². The summed E-state index contributed by atoms with van der Waals surface area (Å²) in [6, 6.07) is 0. The molecule has 3 N–H and O–H groups in total. The van der Waals surface area contributed by atoms with Gasteiger partial charge in [0, 0.05) is 19.4 Å². The second-order valence-electron chi connectivity index (χ2n) is 13.5. The van der Waals surface area contributed by atoms with E-state index in [1.54, 1.807) is 0 Å². The molecule has 55 heavy (non-hydrogen) atoms. The van der Waals surface area contributed by atoms with Gasteiger partial charge in [0.05, 0.1) is 13.2 Å². The summed E-state index contributed by atoms with van der Waals surface area (Å²) < 4.78 is 32.7. The Morgan fingerprint density at radius 2 is 1.00 bits per heavy atom. The van der Waals surface area contributed by atoms with Crippen LogP contribution in [0.2, 0.25) is 0 Å². The van der Waals surface area contributed by atoms with Crippen LogP contribution in [0.15, 0.2) is 85.1 Å². The smallest absolute Gasteiger partial charge is 0.462 e. The van der Waals surface area contributed by atoms with Crippen LogP contribution in [-0.4, -0.2) is 49.3 Å². The van der Waals surface area contributed by atoms with E-state index in [1.165, 1.54) is 25.7 Å². The maximum absolute atomic E-state index is 12.6. The van der Waals surface area contributed by atoms with Crippen molar-refractivity contribution in [3.63, 3.8) is 0 Å². The highest BCUT2D eigenvalue weighted by molar-refractivity contribution is 7.47. The Bertz CT molecular complexity index is 1170. The number of phosphoric acid groups is 1. The molecular weight excluding hydrogens is 713 g/mol. The summed E-state index contributed by atoms with van der Waals surface area (Å²) in [5.74, 6) is -0.894. The number of allylic oxidation sites excluding steroid dienone is 14. The molecule has 2 atom stereocenters. The maximum atomic E-state index is 12.6. The Hall–Kier alpha value is -2.81. The maximum Gasteiger partial charge on any atom is 0.472 e. The van der Waals surface area contributed by atoms with E-state index >= 15 is 0 Å². The van der Waals surface area contributed by atoms with E-state index in [0.29, 0.717) is 12.8 Å². The van der Waals surface area contributed by atoms with E-state index < -0.39 is 32.5 Å². The van der Waals surface area contributed by atoms with E-state index in [2.05, 4.69) is 98.9 Å². The van der Waals surface area contributed by atoms with Gasteiger partial charge in [0.1, 0.15) is 6.61 Å². The third-order valence-corrected chi connectivity index (χ3v) is 9.25. The Labute approximate surface area is 334 Å². The number of rotatable bonds is 38. The fraction of sp³-hybridized carbons (Fsp3) is 0.644. The predicted octanol–water partition coefficient (Wildman–Crippen LogP) is 12.0. The first-order chi connectivity index (χ1) is 26.8. The lowest BCUT2D eigenvalue weighted by atomic mass is 10.1. The number of hydrogen-bond acceptors (Lipinski definition) is 8. The SMILES string of the molecule is CCC=CCC=CCC=CCCCCCCCC(=O)OCC(COP(=O)(O)OCCN)OC(=O)CCCCCC=CCC=CCC=CCC=CCCCCC.